The van der Waals surface area contributed by atoms with E-state index in [1.54, 1.807) is 0 Å². The first kappa shape index (κ1) is 13.9. The SMILES string of the molecule is O=C(NCC1CCCNC1)C1CC1c1cccc(Cl)c1. The highest BCUT2D eigenvalue weighted by atomic mass is 35.5. The second-order valence-corrected chi connectivity index (χ2v) is 6.40. The molecule has 0 aromatic heterocycles. The van der Waals surface area contributed by atoms with Gasteiger partial charge in [-0.1, -0.05) is 23.7 Å². The molecule has 4 heteroatoms. The smallest absolute Gasteiger partial charge is 0.223 e. The molecule has 1 aromatic rings. The van der Waals surface area contributed by atoms with Crippen molar-refractivity contribution in [2.75, 3.05) is 19.6 Å². The average molecular weight is 293 g/mol. The average Bonchev–Trinajstić information content (AvgIpc) is 3.26. The fourth-order valence-electron chi connectivity index (χ4n) is 3.06. The number of amides is 1. The van der Waals surface area contributed by atoms with E-state index < -0.39 is 0 Å². The first-order chi connectivity index (χ1) is 9.74. The third-order valence-corrected chi connectivity index (χ3v) is 4.60. The van der Waals surface area contributed by atoms with Crippen molar-refractivity contribution in [3.8, 4) is 0 Å². The zero-order valence-electron chi connectivity index (χ0n) is 11.6. The molecule has 3 atom stereocenters. The number of carbonyl (C=O) groups excluding carboxylic acids is 1. The summed E-state index contributed by atoms with van der Waals surface area (Å²) in [5, 5.41) is 7.25. The lowest BCUT2D eigenvalue weighted by molar-refractivity contribution is -0.122. The van der Waals surface area contributed by atoms with Crippen LogP contribution < -0.4 is 10.6 Å². The summed E-state index contributed by atoms with van der Waals surface area (Å²) in [4.78, 5) is 12.2. The molecule has 1 aromatic carbocycles. The van der Waals surface area contributed by atoms with Crippen LogP contribution in [0.1, 0.15) is 30.7 Å². The van der Waals surface area contributed by atoms with E-state index in [1.807, 2.05) is 18.2 Å². The first-order valence-electron chi connectivity index (χ1n) is 7.48. The second-order valence-electron chi connectivity index (χ2n) is 5.96. The van der Waals surface area contributed by atoms with E-state index in [2.05, 4.69) is 16.7 Å². The van der Waals surface area contributed by atoms with Crippen LogP contribution >= 0.6 is 11.6 Å². The van der Waals surface area contributed by atoms with Gasteiger partial charge in [-0.15, -0.1) is 0 Å². The molecule has 1 saturated carbocycles. The highest BCUT2D eigenvalue weighted by Crippen LogP contribution is 2.47. The molecular weight excluding hydrogens is 272 g/mol. The van der Waals surface area contributed by atoms with Crippen molar-refractivity contribution in [3.05, 3.63) is 34.9 Å². The van der Waals surface area contributed by atoms with Gasteiger partial charge in [-0.05, 0) is 61.9 Å². The Morgan fingerprint density at radius 1 is 1.45 bits per heavy atom. The first-order valence-corrected chi connectivity index (χ1v) is 7.86. The minimum Gasteiger partial charge on any atom is -0.356 e. The molecule has 1 aliphatic carbocycles. The molecule has 1 saturated heterocycles. The fraction of sp³-hybridized carbons (Fsp3) is 0.562. The lowest BCUT2D eigenvalue weighted by Gasteiger charge is -2.22. The van der Waals surface area contributed by atoms with Crippen LogP contribution in [0.2, 0.25) is 5.02 Å². The molecule has 0 spiro atoms. The summed E-state index contributed by atoms with van der Waals surface area (Å²) in [5.41, 5.74) is 1.19. The van der Waals surface area contributed by atoms with Crippen LogP contribution in [0.3, 0.4) is 0 Å². The number of piperidine rings is 1. The third kappa shape index (κ3) is 3.33. The lowest BCUT2D eigenvalue weighted by Crippen LogP contribution is -2.38. The van der Waals surface area contributed by atoms with Gasteiger partial charge in [0, 0.05) is 17.5 Å². The number of hydrogen-bond donors (Lipinski definition) is 2. The van der Waals surface area contributed by atoms with Crippen LogP contribution in [-0.2, 0) is 4.79 Å². The highest BCUT2D eigenvalue weighted by molar-refractivity contribution is 6.30. The van der Waals surface area contributed by atoms with Crippen LogP contribution in [0.15, 0.2) is 24.3 Å². The molecule has 3 rings (SSSR count). The van der Waals surface area contributed by atoms with Gasteiger partial charge < -0.3 is 10.6 Å². The van der Waals surface area contributed by atoms with Gasteiger partial charge >= 0.3 is 0 Å². The molecule has 2 aliphatic rings. The molecule has 1 aliphatic heterocycles. The number of hydrogen-bond acceptors (Lipinski definition) is 2. The maximum atomic E-state index is 12.2. The minimum atomic E-state index is 0.144. The molecule has 3 nitrogen and oxygen atoms in total. The summed E-state index contributed by atoms with van der Waals surface area (Å²) in [6.45, 7) is 2.96. The summed E-state index contributed by atoms with van der Waals surface area (Å²) >= 11 is 6.00. The van der Waals surface area contributed by atoms with E-state index in [0.29, 0.717) is 11.8 Å². The molecule has 0 radical (unpaired) electrons. The molecule has 2 fully saturated rings. The van der Waals surface area contributed by atoms with E-state index in [0.717, 1.165) is 31.1 Å². The normalized spacial score (nSPS) is 28.9. The molecule has 20 heavy (non-hydrogen) atoms. The fourth-order valence-corrected chi connectivity index (χ4v) is 3.26. The lowest BCUT2D eigenvalue weighted by atomic mass is 10.00. The molecule has 1 heterocycles. The van der Waals surface area contributed by atoms with Gasteiger partial charge in [0.2, 0.25) is 5.91 Å². The van der Waals surface area contributed by atoms with Gasteiger partial charge in [-0.2, -0.15) is 0 Å². The summed E-state index contributed by atoms with van der Waals surface area (Å²) < 4.78 is 0. The van der Waals surface area contributed by atoms with Crippen LogP contribution in [0.5, 0.6) is 0 Å². The van der Waals surface area contributed by atoms with Crippen LogP contribution in [-0.4, -0.2) is 25.5 Å². The van der Waals surface area contributed by atoms with Gasteiger partial charge in [0.25, 0.3) is 0 Å². The topological polar surface area (TPSA) is 41.1 Å². The number of halogens is 1. The summed E-state index contributed by atoms with van der Waals surface area (Å²) in [7, 11) is 0. The zero-order chi connectivity index (χ0) is 13.9. The summed E-state index contributed by atoms with van der Waals surface area (Å²) in [5.74, 6) is 1.31. The third-order valence-electron chi connectivity index (χ3n) is 4.37. The quantitative estimate of drug-likeness (QED) is 0.895. The van der Waals surface area contributed by atoms with Crippen molar-refractivity contribution >= 4 is 17.5 Å². The Bertz CT molecular complexity index is 485. The van der Waals surface area contributed by atoms with E-state index in [9.17, 15) is 4.79 Å². The standard InChI is InChI=1S/C16H21ClN2O/c17-13-5-1-4-12(7-13)14-8-15(14)16(20)19-10-11-3-2-6-18-9-11/h1,4-5,7,11,14-15,18H,2-3,6,8-10H2,(H,19,20). The Balaban J connectivity index is 1.47. The van der Waals surface area contributed by atoms with E-state index in [1.165, 1.54) is 18.4 Å². The Morgan fingerprint density at radius 2 is 2.35 bits per heavy atom. The maximum absolute atomic E-state index is 12.2. The number of nitrogens with one attached hydrogen (secondary N) is 2. The number of carbonyl (C=O) groups is 1. The van der Waals surface area contributed by atoms with E-state index in [4.69, 9.17) is 11.6 Å². The predicted molar refractivity (Wildman–Crippen MR) is 80.9 cm³/mol. The van der Waals surface area contributed by atoms with Gasteiger partial charge in [-0.25, -0.2) is 0 Å². The summed E-state index contributed by atoms with van der Waals surface area (Å²) in [6.07, 6.45) is 3.39. The van der Waals surface area contributed by atoms with Crippen molar-refractivity contribution in [1.29, 1.82) is 0 Å². The van der Waals surface area contributed by atoms with E-state index in [-0.39, 0.29) is 11.8 Å². The molecule has 108 valence electrons. The monoisotopic (exact) mass is 292 g/mol. The van der Waals surface area contributed by atoms with Gasteiger partial charge in [-0.3, -0.25) is 4.79 Å². The van der Waals surface area contributed by atoms with Gasteiger partial charge in [0.05, 0.1) is 0 Å². The van der Waals surface area contributed by atoms with Crippen LogP contribution in [0.4, 0.5) is 0 Å². The highest BCUT2D eigenvalue weighted by Gasteiger charge is 2.43. The molecule has 3 unspecified atom stereocenters. The minimum absolute atomic E-state index is 0.144. The molecule has 0 bridgehead atoms. The number of benzene rings is 1. The van der Waals surface area contributed by atoms with Crippen molar-refractivity contribution in [3.63, 3.8) is 0 Å². The molecular formula is C16H21ClN2O. The number of rotatable bonds is 4. The second kappa shape index (κ2) is 6.15. The van der Waals surface area contributed by atoms with Crippen LogP contribution in [0.25, 0.3) is 0 Å². The van der Waals surface area contributed by atoms with Gasteiger partial charge in [0.1, 0.15) is 0 Å². The predicted octanol–water partition coefficient (Wildman–Crippen LogP) is 2.56. The van der Waals surface area contributed by atoms with Crippen LogP contribution in [0, 0.1) is 11.8 Å². The Hall–Kier alpha value is -1.06. The Labute approximate surface area is 125 Å². The van der Waals surface area contributed by atoms with E-state index >= 15 is 0 Å². The van der Waals surface area contributed by atoms with Crippen molar-refractivity contribution in [2.24, 2.45) is 11.8 Å². The maximum Gasteiger partial charge on any atom is 0.223 e. The van der Waals surface area contributed by atoms with Crippen molar-refractivity contribution in [1.82, 2.24) is 10.6 Å². The largest absolute Gasteiger partial charge is 0.356 e. The Kier molecular flexibility index (Phi) is 4.27. The van der Waals surface area contributed by atoms with Crippen molar-refractivity contribution < 1.29 is 4.79 Å². The zero-order valence-corrected chi connectivity index (χ0v) is 12.3. The van der Waals surface area contributed by atoms with Gasteiger partial charge in [0.15, 0.2) is 0 Å². The Morgan fingerprint density at radius 3 is 3.10 bits per heavy atom. The summed E-state index contributed by atoms with van der Waals surface area (Å²) in [6, 6.07) is 7.87. The molecule has 2 N–H and O–H groups in total. The molecule has 1 amide bonds. The van der Waals surface area contributed by atoms with Crippen molar-refractivity contribution in [2.45, 2.75) is 25.2 Å².